The molecule has 1 rings (SSSR count). The lowest BCUT2D eigenvalue weighted by Crippen LogP contribution is -2.28. The monoisotopic (exact) mass is 210 g/mol. The third-order valence-electron chi connectivity index (χ3n) is 4.35. The molecule has 1 fully saturated rings. The second-order valence-corrected chi connectivity index (χ2v) is 6.63. The number of hydrogen-bond acceptors (Lipinski definition) is 1. The van der Waals surface area contributed by atoms with Crippen molar-refractivity contribution in [3.8, 4) is 0 Å². The molecule has 0 amide bonds. The molecule has 1 N–H and O–H groups in total. The third-order valence-corrected chi connectivity index (χ3v) is 4.35. The molecule has 0 saturated heterocycles. The first-order valence-electron chi connectivity index (χ1n) is 6.04. The zero-order valence-corrected chi connectivity index (χ0v) is 10.9. The van der Waals surface area contributed by atoms with E-state index in [9.17, 15) is 5.11 Å². The second-order valence-electron chi connectivity index (χ2n) is 6.63. The molecule has 0 aromatic carbocycles. The molecule has 0 aliphatic heterocycles. The molecule has 0 aromatic heterocycles. The third kappa shape index (κ3) is 2.63. The smallest absolute Gasteiger partial charge is 0.0516 e. The predicted octanol–water partition coefficient (Wildman–Crippen LogP) is 3.78. The lowest BCUT2D eigenvalue weighted by Gasteiger charge is -2.36. The first-order valence-corrected chi connectivity index (χ1v) is 6.04. The van der Waals surface area contributed by atoms with Gasteiger partial charge in [-0.25, -0.2) is 0 Å². The molecule has 1 unspecified atom stereocenters. The summed E-state index contributed by atoms with van der Waals surface area (Å²) >= 11 is 0. The first kappa shape index (κ1) is 12.8. The van der Waals surface area contributed by atoms with Crippen molar-refractivity contribution in [2.75, 3.05) is 6.61 Å². The van der Waals surface area contributed by atoms with Crippen LogP contribution in [0.15, 0.2) is 12.2 Å². The molecule has 0 bridgehead atoms. The van der Waals surface area contributed by atoms with Crippen molar-refractivity contribution >= 4 is 0 Å². The summed E-state index contributed by atoms with van der Waals surface area (Å²) in [5.74, 6) is 0. The summed E-state index contributed by atoms with van der Waals surface area (Å²) < 4.78 is 0. The Kier molecular flexibility index (Phi) is 3.35. The highest BCUT2D eigenvalue weighted by molar-refractivity contribution is 5.10. The van der Waals surface area contributed by atoms with Crippen molar-refractivity contribution in [3.63, 3.8) is 0 Å². The van der Waals surface area contributed by atoms with Gasteiger partial charge in [-0.15, -0.1) is 0 Å². The SMILES string of the molecule is CC(C)(C=CC1(C)CCCC1(C)C)CO. The molecule has 1 saturated carbocycles. The quantitative estimate of drug-likeness (QED) is 0.703. The van der Waals surface area contributed by atoms with Crippen LogP contribution < -0.4 is 0 Å². The van der Waals surface area contributed by atoms with Crippen molar-refractivity contribution in [1.82, 2.24) is 0 Å². The second kappa shape index (κ2) is 3.93. The van der Waals surface area contributed by atoms with Gasteiger partial charge < -0.3 is 5.11 Å². The number of allylic oxidation sites excluding steroid dienone is 1. The molecule has 0 aromatic rings. The summed E-state index contributed by atoms with van der Waals surface area (Å²) in [5.41, 5.74) is 0.621. The maximum absolute atomic E-state index is 9.23. The Balaban J connectivity index is 2.81. The highest BCUT2D eigenvalue weighted by Gasteiger charge is 2.43. The van der Waals surface area contributed by atoms with E-state index in [-0.39, 0.29) is 12.0 Å². The molecule has 1 aliphatic carbocycles. The van der Waals surface area contributed by atoms with E-state index >= 15 is 0 Å². The van der Waals surface area contributed by atoms with Gasteiger partial charge in [0.2, 0.25) is 0 Å². The molecule has 0 radical (unpaired) electrons. The van der Waals surface area contributed by atoms with Crippen LogP contribution in [0.4, 0.5) is 0 Å². The molecule has 88 valence electrons. The van der Waals surface area contributed by atoms with Crippen molar-refractivity contribution < 1.29 is 5.11 Å². The molecule has 0 heterocycles. The lowest BCUT2D eigenvalue weighted by atomic mass is 9.68. The Morgan fingerprint density at radius 2 is 1.80 bits per heavy atom. The molecule has 1 atom stereocenters. The fraction of sp³-hybridized carbons (Fsp3) is 0.857. The van der Waals surface area contributed by atoms with Crippen LogP contribution in [0.3, 0.4) is 0 Å². The number of rotatable bonds is 3. The summed E-state index contributed by atoms with van der Waals surface area (Å²) in [6.07, 6.45) is 8.45. The van der Waals surface area contributed by atoms with Gasteiger partial charge in [-0.05, 0) is 23.7 Å². The molecule has 0 spiro atoms. The van der Waals surface area contributed by atoms with E-state index in [0.717, 1.165) is 0 Å². The lowest BCUT2D eigenvalue weighted by molar-refractivity contribution is 0.180. The van der Waals surface area contributed by atoms with E-state index < -0.39 is 0 Å². The average molecular weight is 210 g/mol. The standard InChI is InChI=1S/C14H26O/c1-12(2,11-15)9-10-14(5)8-6-7-13(14,3)4/h9-10,15H,6-8,11H2,1-5H3. The van der Waals surface area contributed by atoms with Gasteiger partial charge in [-0.2, -0.15) is 0 Å². The van der Waals surface area contributed by atoms with Gasteiger partial charge in [-0.3, -0.25) is 0 Å². The van der Waals surface area contributed by atoms with Crippen molar-refractivity contribution in [2.24, 2.45) is 16.2 Å². The van der Waals surface area contributed by atoms with E-state index in [4.69, 9.17) is 0 Å². The van der Waals surface area contributed by atoms with E-state index in [1.807, 2.05) is 0 Å². The van der Waals surface area contributed by atoms with E-state index in [1.165, 1.54) is 19.3 Å². The Hall–Kier alpha value is -0.300. The molecular formula is C14H26O. The van der Waals surface area contributed by atoms with E-state index in [1.54, 1.807) is 0 Å². The van der Waals surface area contributed by atoms with E-state index in [2.05, 4.69) is 46.8 Å². The Morgan fingerprint density at radius 1 is 1.20 bits per heavy atom. The van der Waals surface area contributed by atoms with Crippen LogP contribution >= 0.6 is 0 Å². The summed E-state index contributed by atoms with van der Waals surface area (Å²) in [6.45, 7) is 11.4. The number of aliphatic hydroxyl groups is 1. The molecule has 15 heavy (non-hydrogen) atoms. The summed E-state index contributed by atoms with van der Waals surface area (Å²) in [5, 5.41) is 9.23. The highest BCUT2D eigenvalue weighted by Crippen LogP contribution is 2.53. The van der Waals surface area contributed by atoms with Gasteiger partial charge in [0, 0.05) is 5.41 Å². The van der Waals surface area contributed by atoms with Gasteiger partial charge >= 0.3 is 0 Å². The summed E-state index contributed by atoms with van der Waals surface area (Å²) in [6, 6.07) is 0. The van der Waals surface area contributed by atoms with Gasteiger partial charge in [0.05, 0.1) is 6.61 Å². The Labute approximate surface area is 94.6 Å². The van der Waals surface area contributed by atoms with Gasteiger partial charge in [0.15, 0.2) is 0 Å². The van der Waals surface area contributed by atoms with Crippen LogP contribution in [0.1, 0.15) is 53.9 Å². The Bertz CT molecular complexity index is 250. The minimum absolute atomic E-state index is 0.0817. The van der Waals surface area contributed by atoms with Crippen molar-refractivity contribution in [3.05, 3.63) is 12.2 Å². The van der Waals surface area contributed by atoms with Crippen molar-refractivity contribution in [2.45, 2.75) is 53.9 Å². The largest absolute Gasteiger partial charge is 0.395 e. The minimum atomic E-state index is -0.0817. The van der Waals surface area contributed by atoms with Crippen LogP contribution in [0.25, 0.3) is 0 Å². The molecule has 1 heteroatoms. The molecule has 1 nitrogen and oxygen atoms in total. The maximum atomic E-state index is 9.23. The fourth-order valence-electron chi connectivity index (χ4n) is 2.29. The Morgan fingerprint density at radius 3 is 2.20 bits per heavy atom. The topological polar surface area (TPSA) is 20.2 Å². The van der Waals surface area contributed by atoms with Crippen LogP contribution in [-0.4, -0.2) is 11.7 Å². The van der Waals surface area contributed by atoms with Crippen LogP contribution in [-0.2, 0) is 0 Å². The van der Waals surface area contributed by atoms with Gasteiger partial charge in [0.1, 0.15) is 0 Å². The summed E-state index contributed by atoms with van der Waals surface area (Å²) in [7, 11) is 0. The highest BCUT2D eigenvalue weighted by atomic mass is 16.3. The minimum Gasteiger partial charge on any atom is -0.395 e. The number of hydrogen-bond donors (Lipinski definition) is 1. The van der Waals surface area contributed by atoms with Gasteiger partial charge in [-0.1, -0.05) is 53.2 Å². The zero-order valence-electron chi connectivity index (χ0n) is 10.9. The van der Waals surface area contributed by atoms with Crippen LogP contribution in [0.2, 0.25) is 0 Å². The molecule has 1 aliphatic rings. The fourth-order valence-corrected chi connectivity index (χ4v) is 2.29. The normalized spacial score (nSPS) is 31.3. The van der Waals surface area contributed by atoms with Gasteiger partial charge in [0.25, 0.3) is 0 Å². The van der Waals surface area contributed by atoms with Crippen LogP contribution in [0.5, 0.6) is 0 Å². The van der Waals surface area contributed by atoms with E-state index in [0.29, 0.717) is 10.8 Å². The summed E-state index contributed by atoms with van der Waals surface area (Å²) in [4.78, 5) is 0. The first-order chi connectivity index (χ1) is 6.72. The van der Waals surface area contributed by atoms with Crippen LogP contribution in [0, 0.1) is 16.2 Å². The average Bonchev–Trinajstić information content (AvgIpc) is 2.40. The van der Waals surface area contributed by atoms with Crippen molar-refractivity contribution in [1.29, 1.82) is 0 Å². The maximum Gasteiger partial charge on any atom is 0.0516 e. The molecular weight excluding hydrogens is 184 g/mol. The number of aliphatic hydroxyl groups excluding tert-OH is 1. The zero-order chi connectivity index (χ0) is 11.7. The predicted molar refractivity (Wildman–Crippen MR) is 65.7 cm³/mol.